The summed E-state index contributed by atoms with van der Waals surface area (Å²) in [5, 5.41) is 1.54. The van der Waals surface area contributed by atoms with E-state index in [0.29, 0.717) is 16.3 Å². The van der Waals surface area contributed by atoms with Gasteiger partial charge in [-0.15, -0.1) is 0 Å². The van der Waals surface area contributed by atoms with Gasteiger partial charge in [-0.25, -0.2) is 0 Å². The van der Waals surface area contributed by atoms with Crippen LogP contribution in [0.1, 0.15) is 0 Å². The molecule has 0 unspecified atom stereocenters. The summed E-state index contributed by atoms with van der Waals surface area (Å²) in [6, 6.07) is 7.05. The Labute approximate surface area is 142 Å². The summed E-state index contributed by atoms with van der Waals surface area (Å²) in [4.78, 5) is 12.5. The number of benzene rings is 1. The highest BCUT2D eigenvalue weighted by Crippen LogP contribution is 2.35. The average Bonchev–Trinajstić information content (AvgIpc) is 2.56. The first-order valence-electron chi connectivity index (χ1n) is 6.50. The van der Waals surface area contributed by atoms with Crippen LogP contribution in [0.5, 0.6) is 23.5 Å². The highest BCUT2D eigenvalue weighted by atomic mass is 35.5. The van der Waals surface area contributed by atoms with Gasteiger partial charge in [0.1, 0.15) is 5.75 Å². The van der Waals surface area contributed by atoms with E-state index in [-0.39, 0.29) is 22.8 Å². The molecule has 6 nitrogen and oxygen atoms in total. The Morgan fingerprint density at radius 2 is 1.65 bits per heavy atom. The number of aromatic nitrogens is 3. The molecule has 118 valence electrons. The van der Waals surface area contributed by atoms with E-state index in [1.807, 2.05) is 6.07 Å². The number of hydrogen-bond donors (Lipinski definition) is 0. The second-order valence-corrected chi connectivity index (χ2v) is 5.23. The maximum absolute atomic E-state index is 6.04. The molecule has 8 heteroatoms. The fourth-order valence-corrected chi connectivity index (χ4v) is 2.39. The van der Waals surface area contributed by atoms with Crippen molar-refractivity contribution in [3.05, 3.63) is 40.5 Å². The normalized spacial score (nSPS) is 10.6. The van der Waals surface area contributed by atoms with Crippen molar-refractivity contribution in [2.75, 3.05) is 14.2 Å². The molecule has 0 aliphatic carbocycles. The summed E-state index contributed by atoms with van der Waals surface area (Å²) < 4.78 is 15.9. The molecule has 0 saturated heterocycles. The van der Waals surface area contributed by atoms with Crippen molar-refractivity contribution in [3.8, 4) is 23.5 Å². The number of ether oxygens (including phenoxy) is 3. The lowest BCUT2D eigenvalue weighted by atomic mass is 10.2. The van der Waals surface area contributed by atoms with Gasteiger partial charge in [0.05, 0.1) is 19.7 Å². The number of rotatable bonds is 4. The molecule has 0 amide bonds. The van der Waals surface area contributed by atoms with Crippen LogP contribution in [0.25, 0.3) is 10.9 Å². The molecule has 0 saturated carbocycles. The number of hydrogen-bond acceptors (Lipinski definition) is 6. The predicted octanol–water partition coefficient (Wildman–Crippen LogP) is 4.14. The lowest BCUT2D eigenvalue weighted by molar-refractivity contribution is 0.349. The molecule has 0 atom stereocenters. The Morgan fingerprint density at radius 1 is 0.957 bits per heavy atom. The summed E-state index contributed by atoms with van der Waals surface area (Å²) >= 11 is 12.0. The van der Waals surface area contributed by atoms with Gasteiger partial charge >= 0.3 is 6.01 Å². The number of halogens is 2. The smallest absolute Gasteiger partial charge is 0.328 e. The SMILES string of the molecule is COc1nc(Oc2ccnc3cc(Cl)ccc23)nc(OC)c1Cl. The second-order valence-electron chi connectivity index (χ2n) is 4.41. The highest BCUT2D eigenvalue weighted by Gasteiger charge is 2.16. The standard InChI is InChI=1S/C15H11Cl2N3O3/c1-21-13-12(17)14(22-2)20-15(19-13)23-11-5-6-18-10-7-8(16)3-4-9(10)11/h3-7H,1-2H3. The van der Waals surface area contributed by atoms with Crippen LogP contribution in [-0.4, -0.2) is 29.2 Å². The molecule has 1 aromatic carbocycles. The van der Waals surface area contributed by atoms with Gasteiger partial charge in [0.2, 0.25) is 11.8 Å². The number of fused-ring (bicyclic) bond motifs is 1. The molecule has 23 heavy (non-hydrogen) atoms. The lowest BCUT2D eigenvalue weighted by Gasteiger charge is -2.10. The minimum atomic E-state index is 0.0468. The van der Waals surface area contributed by atoms with Crippen molar-refractivity contribution in [2.45, 2.75) is 0 Å². The van der Waals surface area contributed by atoms with E-state index in [0.717, 1.165) is 5.39 Å². The first-order chi connectivity index (χ1) is 11.1. The van der Waals surface area contributed by atoms with Gasteiger partial charge in [-0.2, -0.15) is 9.97 Å². The van der Waals surface area contributed by atoms with Crippen LogP contribution < -0.4 is 14.2 Å². The van der Waals surface area contributed by atoms with Crippen molar-refractivity contribution in [2.24, 2.45) is 0 Å². The van der Waals surface area contributed by atoms with E-state index in [9.17, 15) is 0 Å². The summed E-state index contributed by atoms with van der Waals surface area (Å²) in [5.74, 6) is 0.850. The molecule has 3 rings (SSSR count). The number of methoxy groups -OCH3 is 2. The van der Waals surface area contributed by atoms with Crippen molar-refractivity contribution in [1.82, 2.24) is 15.0 Å². The third kappa shape index (κ3) is 3.09. The van der Waals surface area contributed by atoms with Gasteiger partial charge in [-0.1, -0.05) is 23.2 Å². The van der Waals surface area contributed by atoms with Gasteiger partial charge in [0, 0.05) is 16.6 Å². The van der Waals surface area contributed by atoms with E-state index in [2.05, 4.69) is 15.0 Å². The van der Waals surface area contributed by atoms with Crippen LogP contribution in [0.4, 0.5) is 0 Å². The third-order valence-electron chi connectivity index (χ3n) is 3.02. The summed E-state index contributed by atoms with van der Waals surface area (Å²) in [6.07, 6.45) is 1.61. The minimum absolute atomic E-state index is 0.0468. The molecule has 0 spiro atoms. The van der Waals surface area contributed by atoms with E-state index in [1.54, 1.807) is 24.4 Å². The zero-order chi connectivity index (χ0) is 16.4. The van der Waals surface area contributed by atoms with Gasteiger partial charge < -0.3 is 14.2 Å². The van der Waals surface area contributed by atoms with Crippen LogP contribution in [-0.2, 0) is 0 Å². The van der Waals surface area contributed by atoms with E-state index in [4.69, 9.17) is 37.4 Å². The highest BCUT2D eigenvalue weighted by molar-refractivity contribution is 6.33. The lowest BCUT2D eigenvalue weighted by Crippen LogP contribution is -2.00. The fraction of sp³-hybridized carbons (Fsp3) is 0.133. The third-order valence-corrected chi connectivity index (χ3v) is 3.58. The van der Waals surface area contributed by atoms with Crippen molar-refractivity contribution in [3.63, 3.8) is 0 Å². The molecular weight excluding hydrogens is 341 g/mol. The largest absolute Gasteiger partial charge is 0.480 e. The predicted molar refractivity (Wildman–Crippen MR) is 87.0 cm³/mol. The number of pyridine rings is 1. The maximum atomic E-state index is 6.04. The topological polar surface area (TPSA) is 66.4 Å². The van der Waals surface area contributed by atoms with Gasteiger partial charge in [0.25, 0.3) is 0 Å². The monoisotopic (exact) mass is 351 g/mol. The minimum Gasteiger partial charge on any atom is -0.480 e. The molecule has 0 radical (unpaired) electrons. The molecule has 0 fully saturated rings. The molecule has 2 aromatic heterocycles. The second kappa shape index (κ2) is 6.44. The van der Waals surface area contributed by atoms with Crippen LogP contribution in [0.15, 0.2) is 30.5 Å². The van der Waals surface area contributed by atoms with Crippen LogP contribution in [0.3, 0.4) is 0 Å². The van der Waals surface area contributed by atoms with Crippen LogP contribution >= 0.6 is 23.2 Å². The molecule has 0 aliphatic heterocycles. The Balaban J connectivity index is 2.05. The van der Waals surface area contributed by atoms with Crippen LogP contribution in [0, 0.1) is 0 Å². The van der Waals surface area contributed by atoms with Gasteiger partial charge in [-0.3, -0.25) is 4.98 Å². The zero-order valence-corrected chi connectivity index (χ0v) is 13.7. The average molecular weight is 352 g/mol. The Hall–Kier alpha value is -2.31. The Bertz CT molecular complexity index is 849. The molecular formula is C15H11Cl2N3O3. The van der Waals surface area contributed by atoms with Crippen molar-refractivity contribution in [1.29, 1.82) is 0 Å². The summed E-state index contributed by atoms with van der Waals surface area (Å²) in [7, 11) is 2.89. The van der Waals surface area contributed by atoms with Crippen molar-refractivity contribution >= 4 is 34.1 Å². The molecule has 0 aliphatic rings. The molecule has 3 aromatic rings. The quantitative estimate of drug-likeness (QED) is 0.703. The zero-order valence-electron chi connectivity index (χ0n) is 12.2. The van der Waals surface area contributed by atoms with E-state index in [1.165, 1.54) is 14.2 Å². The Kier molecular flexibility index (Phi) is 4.36. The molecule has 2 heterocycles. The summed E-state index contributed by atoms with van der Waals surface area (Å²) in [6.45, 7) is 0. The first-order valence-corrected chi connectivity index (χ1v) is 7.25. The van der Waals surface area contributed by atoms with Crippen molar-refractivity contribution < 1.29 is 14.2 Å². The van der Waals surface area contributed by atoms with Crippen LogP contribution in [0.2, 0.25) is 10.0 Å². The fourth-order valence-electron chi connectivity index (χ4n) is 1.99. The van der Waals surface area contributed by atoms with Gasteiger partial charge in [-0.05, 0) is 24.3 Å². The van der Waals surface area contributed by atoms with Gasteiger partial charge in [0.15, 0.2) is 5.02 Å². The number of nitrogens with zero attached hydrogens (tertiary/aromatic N) is 3. The maximum Gasteiger partial charge on any atom is 0.328 e. The van der Waals surface area contributed by atoms with E-state index < -0.39 is 0 Å². The first kappa shape index (κ1) is 15.6. The van der Waals surface area contributed by atoms with E-state index >= 15 is 0 Å². The molecule has 0 N–H and O–H groups in total. The summed E-state index contributed by atoms with van der Waals surface area (Å²) in [5.41, 5.74) is 0.697. The molecule has 0 bridgehead atoms. The Morgan fingerprint density at radius 3 is 2.30 bits per heavy atom.